The van der Waals surface area contributed by atoms with E-state index in [1.807, 2.05) is 37.3 Å². The smallest absolute Gasteiger partial charge is 0.191 e. The Hall–Kier alpha value is -1.70. The molecule has 0 aliphatic carbocycles. The molecule has 0 heterocycles. The lowest BCUT2D eigenvalue weighted by Gasteiger charge is -2.12. The number of benzene rings is 2. The number of aliphatic imine (C=N–C) groups is 1. The molecule has 0 amide bonds. The largest absolute Gasteiger partial charge is 0.357 e. The van der Waals surface area contributed by atoms with Gasteiger partial charge in [-0.3, -0.25) is 0 Å². The van der Waals surface area contributed by atoms with Gasteiger partial charge in [-0.2, -0.15) is 0 Å². The first-order valence-electron chi connectivity index (χ1n) is 7.69. The normalized spacial score (nSPS) is 10.9. The minimum absolute atomic E-state index is 0. The Bertz CT molecular complexity index is 628. The standard InChI is InChI=1S/C18H21F2N3.HI/c1-2-21-18(23-13-14-7-4-3-5-8-14)22-12-11-15-16(19)9-6-10-17(15)20;/h3-10H,2,11-13H2,1H3,(H2,21,22,23);1H. The zero-order chi connectivity index (χ0) is 16.5. The first-order chi connectivity index (χ1) is 11.2. The lowest BCUT2D eigenvalue weighted by Crippen LogP contribution is -2.38. The zero-order valence-corrected chi connectivity index (χ0v) is 15.9. The van der Waals surface area contributed by atoms with Gasteiger partial charge in [-0.05, 0) is 31.0 Å². The summed E-state index contributed by atoms with van der Waals surface area (Å²) in [5.74, 6) is -0.399. The topological polar surface area (TPSA) is 36.4 Å². The minimum Gasteiger partial charge on any atom is -0.357 e. The Labute approximate surface area is 158 Å². The summed E-state index contributed by atoms with van der Waals surface area (Å²) < 4.78 is 27.2. The van der Waals surface area contributed by atoms with Gasteiger partial charge < -0.3 is 10.6 Å². The van der Waals surface area contributed by atoms with E-state index in [-0.39, 0.29) is 36.0 Å². The molecule has 0 saturated carbocycles. The Kier molecular flexibility index (Phi) is 9.29. The molecule has 24 heavy (non-hydrogen) atoms. The minimum atomic E-state index is -0.516. The Balaban J connectivity index is 0.00000288. The highest BCUT2D eigenvalue weighted by Crippen LogP contribution is 2.12. The maximum absolute atomic E-state index is 13.6. The number of nitrogens with zero attached hydrogens (tertiary/aromatic N) is 1. The third-order valence-corrected chi connectivity index (χ3v) is 3.34. The second-order valence-corrected chi connectivity index (χ2v) is 5.06. The Morgan fingerprint density at radius 2 is 1.62 bits per heavy atom. The molecule has 0 atom stereocenters. The SMILES string of the molecule is CCNC(=NCc1ccccc1)NCCc1c(F)cccc1F.I. The summed E-state index contributed by atoms with van der Waals surface area (Å²) in [4.78, 5) is 4.47. The van der Waals surface area contributed by atoms with Gasteiger partial charge in [0.2, 0.25) is 0 Å². The van der Waals surface area contributed by atoms with Gasteiger partial charge in [0.1, 0.15) is 11.6 Å². The van der Waals surface area contributed by atoms with E-state index >= 15 is 0 Å². The summed E-state index contributed by atoms with van der Waals surface area (Å²) in [6.07, 6.45) is 0.258. The third-order valence-electron chi connectivity index (χ3n) is 3.34. The van der Waals surface area contributed by atoms with Crippen LogP contribution in [0, 0.1) is 11.6 Å². The van der Waals surface area contributed by atoms with Crippen molar-refractivity contribution in [1.82, 2.24) is 10.6 Å². The Morgan fingerprint density at radius 1 is 0.958 bits per heavy atom. The van der Waals surface area contributed by atoms with Gasteiger partial charge in [0.15, 0.2) is 5.96 Å². The predicted molar refractivity (Wildman–Crippen MR) is 105 cm³/mol. The lowest BCUT2D eigenvalue weighted by molar-refractivity contribution is 0.553. The average molecular weight is 445 g/mol. The maximum Gasteiger partial charge on any atom is 0.191 e. The summed E-state index contributed by atoms with van der Waals surface area (Å²) in [5, 5.41) is 6.22. The average Bonchev–Trinajstić information content (AvgIpc) is 2.56. The molecule has 0 unspecified atom stereocenters. The first-order valence-corrected chi connectivity index (χ1v) is 7.69. The highest BCUT2D eigenvalue weighted by atomic mass is 127. The van der Waals surface area contributed by atoms with Crippen LogP contribution in [-0.2, 0) is 13.0 Å². The quantitative estimate of drug-likeness (QED) is 0.403. The van der Waals surface area contributed by atoms with Gasteiger partial charge in [-0.1, -0.05) is 36.4 Å². The van der Waals surface area contributed by atoms with Crippen LogP contribution in [0.4, 0.5) is 8.78 Å². The van der Waals surface area contributed by atoms with Crippen molar-refractivity contribution in [2.45, 2.75) is 19.9 Å². The molecule has 0 saturated heterocycles. The number of hydrogen-bond acceptors (Lipinski definition) is 1. The van der Waals surface area contributed by atoms with Crippen LogP contribution < -0.4 is 10.6 Å². The predicted octanol–water partition coefficient (Wildman–Crippen LogP) is 3.88. The van der Waals surface area contributed by atoms with E-state index in [1.54, 1.807) is 0 Å². The van der Waals surface area contributed by atoms with Gasteiger partial charge in [0.25, 0.3) is 0 Å². The molecule has 0 radical (unpaired) electrons. The van der Waals surface area contributed by atoms with Crippen molar-refractivity contribution in [2.24, 2.45) is 4.99 Å². The number of guanidine groups is 1. The second kappa shape index (κ2) is 11.0. The van der Waals surface area contributed by atoms with E-state index < -0.39 is 11.6 Å². The van der Waals surface area contributed by atoms with Gasteiger partial charge >= 0.3 is 0 Å². The molecule has 130 valence electrons. The lowest BCUT2D eigenvalue weighted by atomic mass is 10.1. The first kappa shape index (κ1) is 20.3. The van der Waals surface area contributed by atoms with Crippen LogP contribution in [0.3, 0.4) is 0 Å². The van der Waals surface area contributed by atoms with Crippen LogP contribution in [0.15, 0.2) is 53.5 Å². The van der Waals surface area contributed by atoms with Crippen LogP contribution >= 0.6 is 24.0 Å². The van der Waals surface area contributed by atoms with Crippen molar-refractivity contribution in [1.29, 1.82) is 0 Å². The molecule has 0 fully saturated rings. The number of nitrogens with one attached hydrogen (secondary N) is 2. The maximum atomic E-state index is 13.6. The summed E-state index contributed by atoms with van der Waals surface area (Å²) in [5.41, 5.74) is 1.20. The molecule has 2 N–H and O–H groups in total. The van der Waals surface area contributed by atoms with Gasteiger partial charge in [0.05, 0.1) is 6.54 Å². The van der Waals surface area contributed by atoms with E-state index in [4.69, 9.17) is 0 Å². The molecule has 2 aromatic rings. The summed E-state index contributed by atoms with van der Waals surface area (Å²) in [6.45, 7) is 3.63. The fraction of sp³-hybridized carbons (Fsp3) is 0.278. The van der Waals surface area contributed by atoms with Crippen molar-refractivity contribution in [3.8, 4) is 0 Å². The van der Waals surface area contributed by atoms with E-state index in [1.165, 1.54) is 18.2 Å². The molecule has 2 rings (SSSR count). The van der Waals surface area contributed by atoms with Crippen LogP contribution in [0.2, 0.25) is 0 Å². The van der Waals surface area contributed by atoms with Crippen molar-refractivity contribution >= 4 is 29.9 Å². The fourth-order valence-electron chi connectivity index (χ4n) is 2.17. The van der Waals surface area contributed by atoms with Crippen LogP contribution in [0.25, 0.3) is 0 Å². The van der Waals surface area contributed by atoms with Crippen molar-refractivity contribution in [3.63, 3.8) is 0 Å². The molecule has 0 aromatic heterocycles. The number of halogens is 3. The molecule has 0 aliphatic heterocycles. The number of hydrogen-bond donors (Lipinski definition) is 2. The molecule has 0 bridgehead atoms. The van der Waals surface area contributed by atoms with E-state index in [9.17, 15) is 8.78 Å². The van der Waals surface area contributed by atoms with Crippen LogP contribution in [-0.4, -0.2) is 19.0 Å². The zero-order valence-electron chi connectivity index (χ0n) is 13.6. The number of rotatable bonds is 6. The summed E-state index contributed by atoms with van der Waals surface area (Å²) in [7, 11) is 0. The van der Waals surface area contributed by atoms with Crippen molar-refractivity contribution < 1.29 is 8.78 Å². The van der Waals surface area contributed by atoms with Crippen molar-refractivity contribution in [2.75, 3.05) is 13.1 Å². The van der Waals surface area contributed by atoms with E-state index in [0.29, 0.717) is 25.6 Å². The highest BCUT2D eigenvalue weighted by Gasteiger charge is 2.08. The molecule has 6 heteroatoms. The Morgan fingerprint density at radius 3 is 2.25 bits per heavy atom. The van der Waals surface area contributed by atoms with E-state index in [0.717, 1.165) is 5.56 Å². The van der Waals surface area contributed by atoms with Gasteiger partial charge in [-0.25, -0.2) is 13.8 Å². The highest BCUT2D eigenvalue weighted by molar-refractivity contribution is 14.0. The summed E-state index contributed by atoms with van der Waals surface area (Å²) >= 11 is 0. The van der Waals surface area contributed by atoms with Gasteiger partial charge in [0, 0.05) is 18.7 Å². The van der Waals surface area contributed by atoms with Crippen LogP contribution in [0.5, 0.6) is 0 Å². The molecule has 0 aliphatic rings. The third kappa shape index (κ3) is 6.43. The molecule has 2 aromatic carbocycles. The molecule has 3 nitrogen and oxygen atoms in total. The fourth-order valence-corrected chi connectivity index (χ4v) is 2.17. The van der Waals surface area contributed by atoms with Gasteiger partial charge in [-0.15, -0.1) is 24.0 Å². The van der Waals surface area contributed by atoms with Crippen molar-refractivity contribution in [3.05, 3.63) is 71.3 Å². The summed E-state index contributed by atoms with van der Waals surface area (Å²) in [6, 6.07) is 13.8. The molecular formula is C18H22F2IN3. The van der Waals surface area contributed by atoms with Crippen LogP contribution in [0.1, 0.15) is 18.1 Å². The monoisotopic (exact) mass is 445 g/mol. The second-order valence-electron chi connectivity index (χ2n) is 5.06. The molecule has 0 spiro atoms. The van der Waals surface area contributed by atoms with E-state index in [2.05, 4.69) is 15.6 Å². The molecular weight excluding hydrogens is 423 g/mol.